The lowest BCUT2D eigenvalue weighted by Crippen LogP contribution is -2.39. The fourth-order valence-electron chi connectivity index (χ4n) is 2.69. The van der Waals surface area contributed by atoms with Crippen LogP contribution in [0, 0.1) is 0 Å². The molecule has 1 N–H and O–H groups in total. The number of hydrazone groups is 1. The van der Waals surface area contributed by atoms with E-state index in [9.17, 15) is 13.2 Å². The molecule has 3 aromatic rings. The first kappa shape index (κ1) is 23.0. The second-order valence-electron chi connectivity index (χ2n) is 6.56. The molecule has 0 saturated carbocycles. The first-order valence-electron chi connectivity index (χ1n) is 9.22. The maximum atomic E-state index is 13.2. The predicted octanol–water partition coefficient (Wildman–Crippen LogP) is 4.33. The Balaban J connectivity index is 1.79. The molecule has 0 unspecified atom stereocenters. The van der Waals surface area contributed by atoms with Gasteiger partial charge in [0, 0.05) is 16.6 Å². The number of nitrogens with zero attached hydrogens (tertiary/aromatic N) is 2. The molecule has 0 aliphatic heterocycles. The maximum absolute atomic E-state index is 13.2. The van der Waals surface area contributed by atoms with Crippen LogP contribution < -0.4 is 5.43 Å². The number of rotatable bonds is 8. The zero-order valence-electron chi connectivity index (χ0n) is 16.3. The lowest BCUT2D eigenvalue weighted by molar-refractivity contribution is -0.121. The number of carbonyl (C=O) groups is 1. The van der Waals surface area contributed by atoms with E-state index < -0.39 is 22.5 Å². The summed E-state index contributed by atoms with van der Waals surface area (Å²) in [5.41, 5.74) is 3.85. The van der Waals surface area contributed by atoms with Crippen molar-refractivity contribution in [3.8, 4) is 0 Å². The fourth-order valence-corrected chi connectivity index (χ4v) is 4.32. The monoisotopic (exact) mass is 475 g/mol. The van der Waals surface area contributed by atoms with E-state index in [0.717, 1.165) is 9.87 Å². The number of nitrogens with one attached hydrogen (secondary N) is 1. The van der Waals surface area contributed by atoms with Crippen molar-refractivity contribution in [2.24, 2.45) is 5.10 Å². The van der Waals surface area contributed by atoms with Gasteiger partial charge in [0.2, 0.25) is 10.0 Å². The summed E-state index contributed by atoms with van der Waals surface area (Å²) in [6, 6.07) is 21.7. The molecule has 0 aliphatic rings. The van der Waals surface area contributed by atoms with Gasteiger partial charge in [-0.05, 0) is 47.5 Å². The molecule has 3 aromatic carbocycles. The highest BCUT2D eigenvalue weighted by molar-refractivity contribution is 7.89. The lowest BCUT2D eigenvalue weighted by atomic mass is 10.2. The van der Waals surface area contributed by atoms with Crippen molar-refractivity contribution in [3.63, 3.8) is 0 Å². The summed E-state index contributed by atoms with van der Waals surface area (Å²) in [7, 11) is -3.97. The van der Waals surface area contributed by atoms with E-state index in [1.165, 1.54) is 30.5 Å². The van der Waals surface area contributed by atoms with Crippen LogP contribution in [0.25, 0.3) is 0 Å². The summed E-state index contributed by atoms with van der Waals surface area (Å²) in [6.07, 6.45) is 1.48. The minimum Gasteiger partial charge on any atom is -0.272 e. The number of benzene rings is 3. The molecule has 9 heteroatoms. The molecule has 0 spiro atoms. The number of carbonyl (C=O) groups excluding carboxylic acids is 1. The van der Waals surface area contributed by atoms with Crippen LogP contribution in [-0.2, 0) is 21.4 Å². The zero-order chi connectivity index (χ0) is 22.3. The van der Waals surface area contributed by atoms with Crippen molar-refractivity contribution >= 4 is 45.3 Å². The van der Waals surface area contributed by atoms with Gasteiger partial charge in [-0.1, -0.05) is 65.7 Å². The van der Waals surface area contributed by atoms with Crippen molar-refractivity contribution in [1.29, 1.82) is 0 Å². The average Bonchev–Trinajstić information content (AvgIpc) is 2.76. The van der Waals surface area contributed by atoms with Crippen LogP contribution in [0.15, 0.2) is 88.9 Å². The molecule has 0 atom stereocenters. The Kier molecular flexibility index (Phi) is 7.81. The Morgan fingerprint density at radius 3 is 2.10 bits per heavy atom. The summed E-state index contributed by atoms with van der Waals surface area (Å²) in [5, 5.41) is 4.84. The Bertz CT molecular complexity index is 1150. The first-order valence-corrected chi connectivity index (χ1v) is 11.4. The van der Waals surface area contributed by atoms with Gasteiger partial charge >= 0.3 is 0 Å². The molecule has 1 amide bonds. The van der Waals surface area contributed by atoms with E-state index in [4.69, 9.17) is 23.2 Å². The molecular weight excluding hydrogens is 457 g/mol. The topological polar surface area (TPSA) is 78.8 Å². The second-order valence-corrected chi connectivity index (χ2v) is 9.37. The summed E-state index contributed by atoms with van der Waals surface area (Å²) >= 11 is 11.8. The zero-order valence-corrected chi connectivity index (χ0v) is 18.6. The van der Waals surface area contributed by atoms with Crippen LogP contribution in [0.2, 0.25) is 10.0 Å². The highest BCUT2D eigenvalue weighted by Crippen LogP contribution is 2.21. The van der Waals surface area contributed by atoms with Crippen LogP contribution in [-0.4, -0.2) is 31.4 Å². The third-order valence-corrected chi connectivity index (χ3v) is 6.56. The third kappa shape index (κ3) is 6.63. The fraction of sp³-hybridized carbons (Fsp3) is 0.0909. The number of sulfonamides is 1. The van der Waals surface area contributed by atoms with Gasteiger partial charge in [-0.3, -0.25) is 4.79 Å². The number of hydrogen-bond donors (Lipinski definition) is 1. The molecule has 160 valence electrons. The van der Waals surface area contributed by atoms with Gasteiger partial charge in [-0.15, -0.1) is 0 Å². The summed E-state index contributed by atoms with van der Waals surface area (Å²) in [4.78, 5) is 12.5. The van der Waals surface area contributed by atoms with Gasteiger partial charge in [0.1, 0.15) is 0 Å². The van der Waals surface area contributed by atoms with Crippen molar-refractivity contribution < 1.29 is 13.2 Å². The van der Waals surface area contributed by atoms with E-state index in [0.29, 0.717) is 15.6 Å². The minimum absolute atomic E-state index is 0.0159. The summed E-state index contributed by atoms with van der Waals surface area (Å²) in [5.74, 6) is -0.571. The van der Waals surface area contributed by atoms with Gasteiger partial charge in [-0.2, -0.15) is 9.41 Å². The standard InChI is InChI=1S/C22H19Cl2N3O3S/c23-19-8-6-18(7-9-19)15-27(31(29,30)21-12-10-20(24)11-13-21)16-22(28)26-25-14-17-4-2-1-3-5-17/h1-14H,15-16H2,(H,26,28)/b25-14-. The number of amides is 1. The number of halogens is 2. The van der Waals surface area contributed by atoms with E-state index in [-0.39, 0.29) is 11.4 Å². The molecule has 0 aromatic heterocycles. The highest BCUT2D eigenvalue weighted by Gasteiger charge is 2.27. The van der Waals surface area contributed by atoms with Crippen molar-refractivity contribution in [2.45, 2.75) is 11.4 Å². The van der Waals surface area contributed by atoms with Gasteiger partial charge in [0.05, 0.1) is 17.7 Å². The average molecular weight is 476 g/mol. The highest BCUT2D eigenvalue weighted by atomic mass is 35.5. The van der Waals surface area contributed by atoms with E-state index in [1.54, 1.807) is 24.3 Å². The number of hydrogen-bond acceptors (Lipinski definition) is 4. The Morgan fingerprint density at radius 1 is 0.903 bits per heavy atom. The Hall–Kier alpha value is -2.71. The first-order chi connectivity index (χ1) is 14.8. The lowest BCUT2D eigenvalue weighted by Gasteiger charge is -2.21. The van der Waals surface area contributed by atoms with Gasteiger partial charge in [-0.25, -0.2) is 13.8 Å². The van der Waals surface area contributed by atoms with Crippen LogP contribution in [0.5, 0.6) is 0 Å². The largest absolute Gasteiger partial charge is 0.272 e. The van der Waals surface area contributed by atoms with Gasteiger partial charge < -0.3 is 0 Å². The van der Waals surface area contributed by atoms with Crippen LogP contribution in [0.3, 0.4) is 0 Å². The molecule has 0 bridgehead atoms. The molecule has 3 rings (SSSR count). The predicted molar refractivity (Wildman–Crippen MR) is 123 cm³/mol. The van der Waals surface area contributed by atoms with Gasteiger partial charge in [0.25, 0.3) is 5.91 Å². The van der Waals surface area contributed by atoms with E-state index in [1.807, 2.05) is 30.3 Å². The van der Waals surface area contributed by atoms with E-state index >= 15 is 0 Å². The van der Waals surface area contributed by atoms with Crippen LogP contribution >= 0.6 is 23.2 Å². The minimum atomic E-state index is -3.97. The smallest absolute Gasteiger partial charge is 0.255 e. The molecule has 0 fully saturated rings. The van der Waals surface area contributed by atoms with Crippen molar-refractivity contribution in [1.82, 2.24) is 9.73 Å². The molecule has 0 saturated heterocycles. The quantitative estimate of drug-likeness (QED) is 0.388. The Labute approximate surface area is 191 Å². The van der Waals surface area contributed by atoms with Gasteiger partial charge in [0.15, 0.2) is 0 Å². The van der Waals surface area contributed by atoms with E-state index in [2.05, 4.69) is 10.5 Å². The molecule has 6 nitrogen and oxygen atoms in total. The summed E-state index contributed by atoms with van der Waals surface area (Å²) in [6.45, 7) is -0.433. The molecule has 0 aliphatic carbocycles. The SMILES string of the molecule is O=C(CN(Cc1ccc(Cl)cc1)S(=O)(=O)c1ccc(Cl)cc1)N/N=C\c1ccccc1. The van der Waals surface area contributed by atoms with Crippen molar-refractivity contribution in [3.05, 3.63) is 100 Å². The molecular formula is C22H19Cl2N3O3S. The molecule has 0 heterocycles. The van der Waals surface area contributed by atoms with Crippen LogP contribution in [0.1, 0.15) is 11.1 Å². The molecule has 31 heavy (non-hydrogen) atoms. The van der Waals surface area contributed by atoms with Crippen LogP contribution in [0.4, 0.5) is 0 Å². The normalized spacial score (nSPS) is 11.7. The second kappa shape index (κ2) is 10.5. The summed E-state index contributed by atoms with van der Waals surface area (Å²) < 4.78 is 27.4. The van der Waals surface area contributed by atoms with Crippen molar-refractivity contribution in [2.75, 3.05) is 6.54 Å². The maximum Gasteiger partial charge on any atom is 0.255 e. The third-order valence-electron chi connectivity index (χ3n) is 4.25. The molecule has 0 radical (unpaired) electrons. The Morgan fingerprint density at radius 2 is 1.48 bits per heavy atom.